The van der Waals surface area contributed by atoms with Crippen LogP contribution in [0, 0.1) is 0 Å². The smallest absolute Gasteiger partial charge is 0.136 e. The predicted octanol–water partition coefficient (Wildman–Crippen LogP) is 3.88. The van der Waals surface area contributed by atoms with E-state index in [1.807, 2.05) is 0 Å². The maximum Gasteiger partial charge on any atom is 0.136 e. The van der Waals surface area contributed by atoms with Crippen molar-refractivity contribution in [1.82, 2.24) is 0 Å². The summed E-state index contributed by atoms with van der Waals surface area (Å²) in [7, 11) is 0. The van der Waals surface area contributed by atoms with Crippen LogP contribution in [-0.4, -0.2) is 5.78 Å². The number of hydrogen-bond acceptors (Lipinski definition) is 1. The topological polar surface area (TPSA) is 17.1 Å². The summed E-state index contributed by atoms with van der Waals surface area (Å²) in [5, 5.41) is 0. The molecule has 13 heavy (non-hydrogen) atoms. The summed E-state index contributed by atoms with van der Waals surface area (Å²) in [6, 6.07) is 0. The van der Waals surface area contributed by atoms with Gasteiger partial charge >= 0.3 is 0 Å². The molecule has 0 aliphatic rings. The van der Waals surface area contributed by atoms with Gasteiger partial charge in [0.1, 0.15) is 5.78 Å². The van der Waals surface area contributed by atoms with Gasteiger partial charge in [0.15, 0.2) is 0 Å². The second-order valence-corrected chi connectivity index (χ2v) is 3.66. The first kappa shape index (κ1) is 12.4. The summed E-state index contributed by atoms with van der Waals surface area (Å²) in [5.41, 5.74) is 1.24. The Bertz CT molecular complexity index is 168. The van der Waals surface area contributed by atoms with Gasteiger partial charge in [-0.2, -0.15) is 0 Å². The van der Waals surface area contributed by atoms with Gasteiger partial charge in [-0.3, -0.25) is 4.79 Å². The Balaban J connectivity index is 3.64. The molecule has 0 aromatic rings. The predicted molar refractivity (Wildman–Crippen MR) is 57.8 cm³/mol. The van der Waals surface area contributed by atoms with E-state index in [0.29, 0.717) is 12.2 Å². The number of hydrogen-bond donors (Lipinski definition) is 0. The third-order valence-corrected chi connectivity index (χ3v) is 2.07. The van der Waals surface area contributed by atoms with E-state index in [-0.39, 0.29) is 0 Å². The third-order valence-electron chi connectivity index (χ3n) is 2.07. The van der Waals surface area contributed by atoms with Crippen LogP contribution in [0.4, 0.5) is 0 Å². The standard InChI is InChI=1S/C12H22O/c1-4-6-8-11(3)10-12(13)9-7-5-2/h8H,4-7,9-10H2,1-3H3/b11-8+. The van der Waals surface area contributed by atoms with Crippen LogP contribution in [0.1, 0.15) is 59.3 Å². The fraction of sp³-hybridized carbons (Fsp3) is 0.750. The van der Waals surface area contributed by atoms with Crippen LogP contribution in [0.25, 0.3) is 0 Å². The number of Topliss-reactive ketones (excluding diaryl/α,β-unsaturated/α-hetero) is 1. The molecule has 0 aromatic carbocycles. The largest absolute Gasteiger partial charge is 0.299 e. The van der Waals surface area contributed by atoms with Gasteiger partial charge in [-0.05, 0) is 19.8 Å². The summed E-state index contributed by atoms with van der Waals surface area (Å²) in [5.74, 6) is 0.395. The zero-order chi connectivity index (χ0) is 10.1. The molecule has 0 aliphatic carbocycles. The van der Waals surface area contributed by atoms with Crippen LogP contribution in [0.2, 0.25) is 0 Å². The highest BCUT2D eigenvalue weighted by Gasteiger charge is 2.01. The van der Waals surface area contributed by atoms with Gasteiger partial charge in [-0.25, -0.2) is 0 Å². The average Bonchev–Trinajstić information content (AvgIpc) is 2.11. The molecular formula is C12H22O. The van der Waals surface area contributed by atoms with E-state index in [1.165, 1.54) is 12.0 Å². The maximum atomic E-state index is 11.3. The molecule has 0 radical (unpaired) electrons. The molecule has 0 aliphatic heterocycles. The Morgan fingerprint density at radius 2 is 1.92 bits per heavy atom. The normalized spacial score (nSPS) is 11.8. The van der Waals surface area contributed by atoms with Crippen molar-refractivity contribution in [2.45, 2.75) is 59.3 Å². The minimum absolute atomic E-state index is 0.395. The maximum absolute atomic E-state index is 11.3. The zero-order valence-electron chi connectivity index (χ0n) is 9.23. The Morgan fingerprint density at radius 3 is 2.46 bits per heavy atom. The van der Waals surface area contributed by atoms with Gasteiger partial charge in [-0.15, -0.1) is 0 Å². The van der Waals surface area contributed by atoms with Crippen LogP contribution in [0.3, 0.4) is 0 Å². The summed E-state index contributed by atoms with van der Waals surface area (Å²) in [6.07, 6.45) is 8.04. The fourth-order valence-electron chi connectivity index (χ4n) is 1.24. The zero-order valence-corrected chi connectivity index (χ0v) is 9.23. The molecule has 0 heterocycles. The average molecular weight is 182 g/mol. The van der Waals surface area contributed by atoms with Gasteiger partial charge in [0.05, 0.1) is 0 Å². The van der Waals surface area contributed by atoms with Crippen molar-refractivity contribution < 1.29 is 4.79 Å². The number of unbranched alkanes of at least 4 members (excludes halogenated alkanes) is 2. The third kappa shape index (κ3) is 7.76. The lowest BCUT2D eigenvalue weighted by atomic mass is 10.1. The number of ketones is 1. The minimum atomic E-state index is 0.395. The van der Waals surface area contributed by atoms with Crippen LogP contribution in [0.15, 0.2) is 11.6 Å². The summed E-state index contributed by atoms with van der Waals surface area (Å²) in [4.78, 5) is 11.3. The molecule has 1 heteroatoms. The van der Waals surface area contributed by atoms with Crippen molar-refractivity contribution in [3.05, 3.63) is 11.6 Å². The lowest BCUT2D eigenvalue weighted by Crippen LogP contribution is -1.97. The van der Waals surface area contributed by atoms with Crippen molar-refractivity contribution in [3.63, 3.8) is 0 Å². The Hall–Kier alpha value is -0.590. The molecule has 0 atom stereocenters. The number of allylic oxidation sites excluding steroid dienone is 2. The highest BCUT2D eigenvalue weighted by atomic mass is 16.1. The summed E-state index contributed by atoms with van der Waals surface area (Å²) < 4.78 is 0. The van der Waals surface area contributed by atoms with Crippen molar-refractivity contribution in [3.8, 4) is 0 Å². The lowest BCUT2D eigenvalue weighted by molar-refractivity contribution is -0.118. The van der Waals surface area contributed by atoms with Crippen molar-refractivity contribution in [1.29, 1.82) is 0 Å². The lowest BCUT2D eigenvalue weighted by Gasteiger charge is -2.00. The quantitative estimate of drug-likeness (QED) is 0.546. The second-order valence-electron chi connectivity index (χ2n) is 3.66. The molecule has 0 saturated carbocycles. The Morgan fingerprint density at radius 1 is 1.23 bits per heavy atom. The van der Waals surface area contributed by atoms with Crippen molar-refractivity contribution in [2.24, 2.45) is 0 Å². The second kappa shape index (κ2) is 8.03. The van der Waals surface area contributed by atoms with E-state index in [4.69, 9.17) is 0 Å². The van der Waals surface area contributed by atoms with E-state index in [0.717, 1.165) is 25.7 Å². The van der Waals surface area contributed by atoms with Crippen LogP contribution < -0.4 is 0 Å². The van der Waals surface area contributed by atoms with Crippen molar-refractivity contribution in [2.75, 3.05) is 0 Å². The highest BCUT2D eigenvalue weighted by Crippen LogP contribution is 2.07. The first-order valence-corrected chi connectivity index (χ1v) is 5.38. The molecule has 1 nitrogen and oxygen atoms in total. The highest BCUT2D eigenvalue weighted by molar-refractivity contribution is 5.80. The number of carbonyl (C=O) groups excluding carboxylic acids is 1. The van der Waals surface area contributed by atoms with Gasteiger partial charge in [0.2, 0.25) is 0 Å². The number of rotatable bonds is 7. The molecule has 0 aromatic heterocycles. The van der Waals surface area contributed by atoms with Gasteiger partial charge in [-0.1, -0.05) is 38.3 Å². The summed E-state index contributed by atoms with van der Waals surface area (Å²) in [6.45, 7) is 6.33. The first-order chi connectivity index (χ1) is 6.20. The van der Waals surface area contributed by atoms with Crippen LogP contribution in [0.5, 0.6) is 0 Å². The minimum Gasteiger partial charge on any atom is -0.299 e. The van der Waals surface area contributed by atoms with E-state index >= 15 is 0 Å². The van der Waals surface area contributed by atoms with Gasteiger partial charge < -0.3 is 0 Å². The van der Waals surface area contributed by atoms with E-state index < -0.39 is 0 Å². The van der Waals surface area contributed by atoms with E-state index in [1.54, 1.807) is 0 Å². The first-order valence-electron chi connectivity index (χ1n) is 5.38. The molecule has 0 N–H and O–H groups in total. The molecule has 0 spiro atoms. The SMILES string of the molecule is CCC/C=C(\C)CC(=O)CCCC. The van der Waals surface area contributed by atoms with Crippen LogP contribution in [-0.2, 0) is 4.79 Å². The molecule has 0 unspecified atom stereocenters. The number of carbonyl (C=O) groups is 1. The van der Waals surface area contributed by atoms with E-state index in [9.17, 15) is 4.79 Å². The Labute approximate surface area is 82.2 Å². The molecular weight excluding hydrogens is 160 g/mol. The van der Waals surface area contributed by atoms with E-state index in [2.05, 4.69) is 26.8 Å². The monoisotopic (exact) mass is 182 g/mol. The molecule has 0 saturated heterocycles. The van der Waals surface area contributed by atoms with Crippen LogP contribution >= 0.6 is 0 Å². The molecule has 0 amide bonds. The Kier molecular flexibility index (Phi) is 7.66. The van der Waals surface area contributed by atoms with Gasteiger partial charge in [0, 0.05) is 12.8 Å². The summed E-state index contributed by atoms with van der Waals surface area (Å²) >= 11 is 0. The molecule has 0 fully saturated rings. The molecule has 76 valence electrons. The van der Waals surface area contributed by atoms with Crippen molar-refractivity contribution >= 4 is 5.78 Å². The molecule has 0 bridgehead atoms. The fourth-order valence-corrected chi connectivity index (χ4v) is 1.24. The molecule has 0 rings (SSSR count). The van der Waals surface area contributed by atoms with Gasteiger partial charge in [0.25, 0.3) is 0 Å².